The number of carbonyl (C=O) groups excluding carboxylic acids is 1. The van der Waals surface area contributed by atoms with Crippen LogP contribution in [0.3, 0.4) is 0 Å². The number of fused-ring (bicyclic) bond motifs is 1. The Labute approximate surface area is 158 Å². The lowest BCUT2D eigenvalue weighted by Crippen LogP contribution is -2.31. The highest BCUT2D eigenvalue weighted by Gasteiger charge is 2.22. The maximum absolute atomic E-state index is 14.4. The maximum Gasteiger partial charge on any atom is 0.266 e. The highest BCUT2D eigenvalue weighted by atomic mass is 32.2. The number of amides is 1. The minimum Gasteiger partial charge on any atom is -0.348 e. The number of benzene rings is 2. The van der Waals surface area contributed by atoms with Crippen LogP contribution in [-0.4, -0.2) is 39.7 Å². The number of thioether (sulfide) groups is 1. The summed E-state index contributed by atoms with van der Waals surface area (Å²) in [4.78, 5) is 31.1. The number of para-hydroxylation sites is 1. The van der Waals surface area contributed by atoms with Crippen molar-refractivity contribution in [3.05, 3.63) is 64.5 Å². The molecule has 27 heavy (non-hydrogen) atoms. The molecular formula is C19H17F2N3O2S. The number of rotatable bonds is 4. The van der Waals surface area contributed by atoms with Crippen molar-refractivity contribution in [2.75, 3.05) is 14.1 Å². The van der Waals surface area contributed by atoms with Crippen LogP contribution >= 0.6 is 11.8 Å². The lowest BCUT2D eigenvalue weighted by atomic mass is 10.2. The molecule has 5 nitrogen and oxygen atoms in total. The zero-order valence-electron chi connectivity index (χ0n) is 14.9. The van der Waals surface area contributed by atoms with Gasteiger partial charge < -0.3 is 4.90 Å². The smallest absolute Gasteiger partial charge is 0.266 e. The SMILES string of the molecule is C[C@@H](Sc1nc2ccccc2c(=O)n1-c1ccc(F)cc1F)C(=O)N(C)C. The van der Waals surface area contributed by atoms with Crippen molar-refractivity contribution in [2.45, 2.75) is 17.3 Å². The largest absolute Gasteiger partial charge is 0.348 e. The molecule has 0 aliphatic carbocycles. The molecule has 0 fully saturated rings. The van der Waals surface area contributed by atoms with Crippen molar-refractivity contribution >= 4 is 28.6 Å². The predicted molar refractivity (Wildman–Crippen MR) is 101 cm³/mol. The standard InChI is InChI=1S/C19H17F2N3O2S/c1-11(17(25)23(2)3)27-19-22-15-7-5-4-6-13(15)18(26)24(19)16-9-8-12(20)10-14(16)21/h4-11H,1-3H3/t11-/m1/s1. The van der Waals surface area contributed by atoms with Gasteiger partial charge in [0.2, 0.25) is 5.91 Å². The van der Waals surface area contributed by atoms with Crippen LogP contribution in [0.5, 0.6) is 0 Å². The second-order valence-corrected chi connectivity index (χ2v) is 7.45. The third-order valence-electron chi connectivity index (χ3n) is 3.97. The van der Waals surface area contributed by atoms with Crippen LogP contribution in [0, 0.1) is 11.6 Å². The van der Waals surface area contributed by atoms with Gasteiger partial charge in [-0.25, -0.2) is 13.8 Å². The maximum atomic E-state index is 14.4. The Bertz CT molecular complexity index is 1080. The molecule has 0 radical (unpaired) electrons. The summed E-state index contributed by atoms with van der Waals surface area (Å²) in [5, 5.41) is -0.0908. The fraction of sp³-hybridized carbons (Fsp3) is 0.211. The van der Waals surface area contributed by atoms with Gasteiger partial charge in [0.1, 0.15) is 11.6 Å². The van der Waals surface area contributed by atoms with E-state index in [0.29, 0.717) is 17.0 Å². The molecule has 0 aliphatic heterocycles. The average molecular weight is 389 g/mol. The van der Waals surface area contributed by atoms with E-state index in [0.717, 1.165) is 22.4 Å². The van der Waals surface area contributed by atoms with Crippen LogP contribution in [0.2, 0.25) is 0 Å². The Hall–Kier alpha value is -2.74. The van der Waals surface area contributed by atoms with Gasteiger partial charge in [0.25, 0.3) is 5.56 Å². The van der Waals surface area contributed by atoms with E-state index in [1.165, 1.54) is 11.0 Å². The van der Waals surface area contributed by atoms with Crippen LogP contribution < -0.4 is 5.56 Å². The summed E-state index contributed by atoms with van der Waals surface area (Å²) in [6.45, 7) is 1.68. The van der Waals surface area contributed by atoms with Gasteiger partial charge in [0.05, 0.1) is 21.8 Å². The van der Waals surface area contributed by atoms with E-state index in [1.54, 1.807) is 45.3 Å². The first-order valence-corrected chi connectivity index (χ1v) is 9.02. The average Bonchev–Trinajstić information content (AvgIpc) is 2.62. The normalized spacial score (nSPS) is 12.2. The number of hydrogen-bond acceptors (Lipinski definition) is 4. The first kappa shape index (κ1) is 19.0. The van der Waals surface area contributed by atoms with Crippen molar-refractivity contribution in [3.8, 4) is 5.69 Å². The lowest BCUT2D eigenvalue weighted by molar-refractivity contribution is -0.127. The Morgan fingerprint density at radius 2 is 1.89 bits per heavy atom. The third kappa shape index (κ3) is 3.71. The molecular weight excluding hydrogens is 372 g/mol. The van der Waals surface area contributed by atoms with Crippen LogP contribution in [0.4, 0.5) is 8.78 Å². The molecule has 0 N–H and O–H groups in total. The van der Waals surface area contributed by atoms with Crippen molar-refractivity contribution < 1.29 is 13.6 Å². The molecule has 0 saturated carbocycles. The van der Waals surface area contributed by atoms with Crippen molar-refractivity contribution in [1.29, 1.82) is 0 Å². The molecule has 1 amide bonds. The van der Waals surface area contributed by atoms with Crippen LogP contribution in [0.15, 0.2) is 52.4 Å². The van der Waals surface area contributed by atoms with E-state index in [9.17, 15) is 18.4 Å². The van der Waals surface area contributed by atoms with E-state index in [1.807, 2.05) is 0 Å². The second kappa shape index (κ2) is 7.48. The molecule has 2 aromatic carbocycles. The van der Waals surface area contributed by atoms with E-state index in [2.05, 4.69) is 4.98 Å². The van der Waals surface area contributed by atoms with Gasteiger partial charge in [-0.15, -0.1) is 0 Å². The molecule has 0 spiro atoms. The van der Waals surface area contributed by atoms with Gasteiger partial charge in [0.15, 0.2) is 5.16 Å². The van der Waals surface area contributed by atoms with Gasteiger partial charge in [-0.05, 0) is 31.2 Å². The molecule has 0 aliphatic rings. The number of carbonyl (C=O) groups is 1. The highest BCUT2D eigenvalue weighted by molar-refractivity contribution is 8.00. The van der Waals surface area contributed by atoms with Crippen LogP contribution in [-0.2, 0) is 4.79 Å². The molecule has 3 rings (SSSR count). The van der Waals surface area contributed by atoms with Crippen LogP contribution in [0.1, 0.15) is 6.92 Å². The molecule has 140 valence electrons. The Kier molecular flexibility index (Phi) is 5.27. The molecule has 1 aromatic heterocycles. The summed E-state index contributed by atoms with van der Waals surface area (Å²) >= 11 is 1.04. The Balaban J connectivity index is 2.24. The molecule has 8 heteroatoms. The summed E-state index contributed by atoms with van der Waals surface area (Å²) in [7, 11) is 3.25. The van der Waals surface area contributed by atoms with E-state index < -0.39 is 22.4 Å². The van der Waals surface area contributed by atoms with Gasteiger partial charge >= 0.3 is 0 Å². The fourth-order valence-corrected chi connectivity index (χ4v) is 3.70. The molecule has 0 unspecified atom stereocenters. The van der Waals surface area contributed by atoms with E-state index in [-0.39, 0.29) is 16.8 Å². The summed E-state index contributed by atoms with van der Waals surface area (Å²) in [5.41, 5.74) is -0.168. The number of nitrogens with zero attached hydrogens (tertiary/aromatic N) is 3. The molecule has 1 heterocycles. The van der Waals surface area contributed by atoms with E-state index >= 15 is 0 Å². The highest BCUT2D eigenvalue weighted by Crippen LogP contribution is 2.27. The Morgan fingerprint density at radius 1 is 1.19 bits per heavy atom. The van der Waals surface area contributed by atoms with Crippen molar-refractivity contribution in [3.63, 3.8) is 0 Å². The second-order valence-electron chi connectivity index (χ2n) is 6.14. The zero-order chi connectivity index (χ0) is 19.7. The summed E-state index contributed by atoms with van der Waals surface area (Å²) in [6.07, 6.45) is 0. The summed E-state index contributed by atoms with van der Waals surface area (Å²) in [6, 6.07) is 9.64. The van der Waals surface area contributed by atoms with Gasteiger partial charge in [-0.1, -0.05) is 23.9 Å². The zero-order valence-corrected chi connectivity index (χ0v) is 15.8. The first-order valence-electron chi connectivity index (χ1n) is 8.14. The minimum atomic E-state index is -0.886. The van der Waals surface area contributed by atoms with Crippen molar-refractivity contribution in [2.24, 2.45) is 0 Å². The molecule has 1 atom stereocenters. The van der Waals surface area contributed by atoms with E-state index in [4.69, 9.17) is 0 Å². The van der Waals surface area contributed by atoms with Gasteiger partial charge in [-0.2, -0.15) is 0 Å². The monoisotopic (exact) mass is 389 g/mol. The topological polar surface area (TPSA) is 55.2 Å². The molecule has 0 saturated heterocycles. The molecule has 0 bridgehead atoms. The van der Waals surface area contributed by atoms with Gasteiger partial charge in [-0.3, -0.25) is 14.2 Å². The van der Waals surface area contributed by atoms with Crippen LogP contribution in [0.25, 0.3) is 16.6 Å². The fourth-order valence-electron chi connectivity index (χ4n) is 2.64. The summed E-state index contributed by atoms with van der Waals surface area (Å²) in [5.74, 6) is -1.81. The number of hydrogen-bond donors (Lipinski definition) is 0. The third-order valence-corrected chi connectivity index (χ3v) is 5.01. The first-order chi connectivity index (χ1) is 12.8. The predicted octanol–water partition coefficient (Wildman–Crippen LogP) is 3.23. The minimum absolute atomic E-state index is 0.119. The van der Waals surface area contributed by atoms with Gasteiger partial charge in [0, 0.05) is 20.2 Å². The lowest BCUT2D eigenvalue weighted by Gasteiger charge is -2.19. The Morgan fingerprint density at radius 3 is 2.56 bits per heavy atom. The summed E-state index contributed by atoms with van der Waals surface area (Å²) < 4.78 is 28.8. The number of halogens is 2. The van der Waals surface area contributed by atoms with Crippen molar-refractivity contribution in [1.82, 2.24) is 14.5 Å². The number of aromatic nitrogens is 2. The quantitative estimate of drug-likeness (QED) is 0.508. The molecule has 3 aromatic rings.